The van der Waals surface area contributed by atoms with E-state index >= 15 is 0 Å². The van der Waals surface area contributed by atoms with E-state index in [2.05, 4.69) is 11.8 Å². The van der Waals surface area contributed by atoms with Gasteiger partial charge >= 0.3 is 0 Å². The van der Waals surface area contributed by atoms with Crippen molar-refractivity contribution in [1.29, 1.82) is 0 Å². The van der Waals surface area contributed by atoms with Crippen molar-refractivity contribution in [1.82, 2.24) is 0 Å². The van der Waals surface area contributed by atoms with Crippen molar-refractivity contribution >= 4 is 5.78 Å². The lowest BCUT2D eigenvalue weighted by molar-refractivity contribution is -0.120. The maximum absolute atomic E-state index is 11.9. The molecule has 2 atom stereocenters. The molecule has 2 aromatic rings. The number of carbonyl (C=O) groups is 1. The van der Waals surface area contributed by atoms with E-state index in [1.165, 1.54) is 6.92 Å². The average molecular weight is 262 g/mol. The fraction of sp³-hybridized carbons (Fsp3) is 0.167. The molecule has 2 aromatic carbocycles. The number of epoxide rings is 1. The van der Waals surface area contributed by atoms with Crippen molar-refractivity contribution in [2.45, 2.75) is 18.6 Å². The minimum Gasteiger partial charge on any atom is -0.340 e. The molecule has 1 saturated heterocycles. The Labute approximate surface area is 118 Å². The highest BCUT2D eigenvalue weighted by atomic mass is 16.6. The van der Waals surface area contributed by atoms with Gasteiger partial charge in [-0.3, -0.25) is 4.79 Å². The molecule has 0 radical (unpaired) electrons. The third-order valence-electron chi connectivity index (χ3n) is 3.41. The zero-order valence-electron chi connectivity index (χ0n) is 11.2. The number of hydrogen-bond acceptors (Lipinski definition) is 2. The molecule has 2 heteroatoms. The molecule has 1 aliphatic rings. The van der Waals surface area contributed by atoms with E-state index in [-0.39, 0.29) is 11.9 Å². The second-order valence-electron chi connectivity index (χ2n) is 4.82. The minimum absolute atomic E-state index is 0.0465. The Morgan fingerprint density at radius 1 is 1.05 bits per heavy atom. The van der Waals surface area contributed by atoms with E-state index in [1.807, 2.05) is 60.7 Å². The molecule has 3 rings (SSSR count). The van der Waals surface area contributed by atoms with E-state index in [0.717, 1.165) is 11.1 Å². The number of ether oxygens (including phenoxy) is 1. The predicted molar refractivity (Wildman–Crippen MR) is 77.0 cm³/mol. The van der Waals surface area contributed by atoms with Crippen LogP contribution in [0.5, 0.6) is 0 Å². The van der Waals surface area contributed by atoms with Gasteiger partial charge in [0, 0.05) is 5.56 Å². The zero-order chi connectivity index (χ0) is 14.0. The van der Waals surface area contributed by atoms with Crippen LogP contribution >= 0.6 is 0 Å². The van der Waals surface area contributed by atoms with Crippen LogP contribution in [-0.4, -0.2) is 11.4 Å². The Hall–Kier alpha value is -2.37. The van der Waals surface area contributed by atoms with Gasteiger partial charge < -0.3 is 4.74 Å². The van der Waals surface area contributed by atoms with Crippen LogP contribution < -0.4 is 0 Å². The van der Waals surface area contributed by atoms with Crippen LogP contribution in [0.25, 0.3) is 0 Å². The Bertz CT molecular complexity index is 680. The maximum Gasteiger partial charge on any atom is 0.218 e. The van der Waals surface area contributed by atoms with Crippen LogP contribution in [0.15, 0.2) is 60.7 Å². The largest absolute Gasteiger partial charge is 0.340 e. The summed E-state index contributed by atoms with van der Waals surface area (Å²) in [4.78, 5) is 11.9. The molecule has 98 valence electrons. The smallest absolute Gasteiger partial charge is 0.218 e. The Morgan fingerprint density at radius 3 is 2.25 bits per heavy atom. The van der Waals surface area contributed by atoms with Crippen molar-refractivity contribution in [2.75, 3.05) is 0 Å². The first-order valence-corrected chi connectivity index (χ1v) is 6.54. The van der Waals surface area contributed by atoms with Gasteiger partial charge in [0.25, 0.3) is 0 Å². The topological polar surface area (TPSA) is 29.6 Å². The molecule has 0 bridgehead atoms. The third kappa shape index (κ3) is 2.24. The lowest BCUT2D eigenvalue weighted by Crippen LogP contribution is -2.20. The van der Waals surface area contributed by atoms with Crippen molar-refractivity contribution in [3.63, 3.8) is 0 Å². The first-order valence-electron chi connectivity index (χ1n) is 6.54. The second-order valence-corrected chi connectivity index (χ2v) is 4.82. The highest BCUT2D eigenvalue weighted by Crippen LogP contribution is 2.49. The van der Waals surface area contributed by atoms with Crippen molar-refractivity contribution in [3.8, 4) is 11.8 Å². The Balaban J connectivity index is 1.90. The van der Waals surface area contributed by atoms with E-state index in [4.69, 9.17) is 4.74 Å². The predicted octanol–water partition coefficient (Wildman–Crippen LogP) is 3.14. The summed E-state index contributed by atoms with van der Waals surface area (Å²) in [6.45, 7) is 1.53. The van der Waals surface area contributed by atoms with Crippen LogP contribution in [0, 0.1) is 11.8 Å². The fourth-order valence-corrected chi connectivity index (χ4v) is 2.22. The van der Waals surface area contributed by atoms with Gasteiger partial charge in [-0.05, 0) is 24.6 Å². The van der Waals surface area contributed by atoms with Gasteiger partial charge in [0.15, 0.2) is 5.78 Å². The van der Waals surface area contributed by atoms with E-state index in [9.17, 15) is 4.79 Å². The molecule has 20 heavy (non-hydrogen) atoms. The first kappa shape index (κ1) is 12.7. The van der Waals surface area contributed by atoms with Crippen LogP contribution in [0.1, 0.15) is 24.2 Å². The number of hydrogen-bond donors (Lipinski definition) is 0. The second kappa shape index (κ2) is 4.96. The number of Topliss-reactive ketones (excluding diaryl/α,β-unsaturated/α-hetero) is 1. The highest BCUT2D eigenvalue weighted by molar-refractivity contribution is 5.92. The molecule has 0 unspecified atom stereocenters. The molecule has 2 nitrogen and oxygen atoms in total. The fourth-order valence-electron chi connectivity index (χ4n) is 2.22. The zero-order valence-corrected chi connectivity index (χ0v) is 11.2. The standard InChI is InChI=1S/C18H14O2/c1-14(19)18(13-12-15-8-4-2-5-9-15)17(20-18)16-10-6-3-7-11-16/h2-11,17H,1H3/t17-,18-/m0/s1. The summed E-state index contributed by atoms with van der Waals surface area (Å²) in [5.74, 6) is 6.00. The van der Waals surface area contributed by atoms with Gasteiger partial charge in [-0.25, -0.2) is 0 Å². The highest BCUT2D eigenvalue weighted by Gasteiger charge is 2.60. The van der Waals surface area contributed by atoms with Crippen molar-refractivity contribution in [3.05, 3.63) is 71.8 Å². The Kier molecular flexibility index (Phi) is 3.14. The average Bonchev–Trinajstić information content (AvgIpc) is 3.23. The lowest BCUT2D eigenvalue weighted by Gasteiger charge is -2.00. The van der Waals surface area contributed by atoms with Gasteiger partial charge in [-0.2, -0.15) is 0 Å². The summed E-state index contributed by atoms with van der Waals surface area (Å²) in [5.41, 5.74) is 0.900. The monoisotopic (exact) mass is 262 g/mol. The van der Waals surface area contributed by atoms with Gasteiger partial charge in [-0.1, -0.05) is 60.4 Å². The Morgan fingerprint density at radius 2 is 1.65 bits per heavy atom. The van der Waals surface area contributed by atoms with Crippen molar-refractivity contribution in [2.24, 2.45) is 0 Å². The lowest BCUT2D eigenvalue weighted by atomic mass is 9.96. The summed E-state index contributed by atoms with van der Waals surface area (Å²) >= 11 is 0. The molecule has 0 aliphatic carbocycles. The van der Waals surface area contributed by atoms with E-state index in [1.54, 1.807) is 0 Å². The van der Waals surface area contributed by atoms with Crippen LogP contribution in [0.3, 0.4) is 0 Å². The van der Waals surface area contributed by atoms with Crippen LogP contribution in [0.4, 0.5) is 0 Å². The molecule has 0 saturated carbocycles. The molecule has 1 fully saturated rings. The summed E-state index contributed by atoms with van der Waals surface area (Å²) in [5, 5.41) is 0. The van der Waals surface area contributed by atoms with Crippen LogP contribution in [-0.2, 0) is 9.53 Å². The summed E-state index contributed by atoms with van der Waals surface area (Å²) in [6, 6.07) is 19.3. The molecule has 0 spiro atoms. The number of rotatable bonds is 2. The van der Waals surface area contributed by atoms with Crippen LogP contribution in [0.2, 0.25) is 0 Å². The normalized spacial score (nSPS) is 23.6. The number of benzene rings is 2. The summed E-state index contributed by atoms with van der Waals surface area (Å²) < 4.78 is 5.65. The maximum atomic E-state index is 11.9. The van der Waals surface area contributed by atoms with E-state index in [0.29, 0.717) is 0 Å². The molecule has 1 aliphatic heterocycles. The first-order chi connectivity index (χ1) is 9.72. The third-order valence-corrected chi connectivity index (χ3v) is 3.41. The van der Waals surface area contributed by atoms with Gasteiger partial charge in [0.2, 0.25) is 5.60 Å². The summed E-state index contributed by atoms with van der Waals surface area (Å²) in [6.07, 6.45) is -0.252. The number of carbonyl (C=O) groups excluding carboxylic acids is 1. The quantitative estimate of drug-likeness (QED) is 0.614. The summed E-state index contributed by atoms with van der Waals surface area (Å²) in [7, 11) is 0. The van der Waals surface area contributed by atoms with E-state index < -0.39 is 5.60 Å². The van der Waals surface area contributed by atoms with Gasteiger partial charge in [0.05, 0.1) is 0 Å². The molecular formula is C18H14O2. The number of ketones is 1. The molecule has 0 N–H and O–H groups in total. The SMILES string of the molecule is CC(=O)[C@]1(C#Cc2ccccc2)O[C@H]1c1ccccc1. The minimum atomic E-state index is -0.975. The van der Waals surface area contributed by atoms with Crippen molar-refractivity contribution < 1.29 is 9.53 Å². The molecule has 0 aromatic heterocycles. The molecular weight excluding hydrogens is 248 g/mol. The molecule has 0 amide bonds. The molecule has 1 heterocycles. The van der Waals surface area contributed by atoms with Gasteiger partial charge in [0.1, 0.15) is 6.10 Å². The van der Waals surface area contributed by atoms with Gasteiger partial charge in [-0.15, -0.1) is 0 Å².